The van der Waals surface area contributed by atoms with Gasteiger partial charge in [0.25, 0.3) is 0 Å². The van der Waals surface area contributed by atoms with Crippen LogP contribution in [0.1, 0.15) is 12.8 Å². The third kappa shape index (κ3) is 6.27. The largest absolute Gasteiger partial charge is 0.497 e. The van der Waals surface area contributed by atoms with Crippen LogP contribution in [0.5, 0.6) is 5.75 Å². The van der Waals surface area contributed by atoms with E-state index in [0.717, 1.165) is 30.8 Å². The Kier molecular flexibility index (Phi) is 7.67. The fourth-order valence-corrected chi connectivity index (χ4v) is 4.80. The first kappa shape index (κ1) is 23.2. The summed E-state index contributed by atoms with van der Waals surface area (Å²) in [5.41, 5.74) is 1.62. The number of piperazine rings is 1. The fraction of sp³-hybridized carbons (Fsp3) is 0.409. The number of methoxy groups -OCH3 is 1. The molecule has 0 spiro atoms. The molecule has 1 heterocycles. The highest BCUT2D eigenvalue weighted by Crippen LogP contribution is 2.23. The first-order valence-electron chi connectivity index (χ1n) is 10.2. The first-order valence-corrected chi connectivity index (χ1v) is 12.4. The van der Waals surface area contributed by atoms with Crippen molar-refractivity contribution in [2.45, 2.75) is 12.8 Å². The van der Waals surface area contributed by atoms with E-state index in [4.69, 9.17) is 16.3 Å². The first-order chi connectivity index (χ1) is 14.8. The van der Waals surface area contributed by atoms with Crippen molar-refractivity contribution in [2.75, 3.05) is 55.3 Å². The van der Waals surface area contributed by atoms with Gasteiger partial charge in [0.2, 0.25) is 15.9 Å². The zero-order valence-corrected chi connectivity index (χ0v) is 19.4. The molecule has 1 aliphatic heterocycles. The van der Waals surface area contributed by atoms with Gasteiger partial charge in [0.15, 0.2) is 0 Å². The lowest BCUT2D eigenvalue weighted by atomic mass is 10.2. The van der Waals surface area contributed by atoms with Crippen molar-refractivity contribution >= 4 is 38.9 Å². The van der Waals surface area contributed by atoms with E-state index in [1.807, 2.05) is 29.2 Å². The van der Waals surface area contributed by atoms with Crippen molar-refractivity contribution in [3.8, 4) is 5.75 Å². The molecule has 2 aromatic carbocycles. The second-order valence-electron chi connectivity index (χ2n) is 7.48. The van der Waals surface area contributed by atoms with Crippen LogP contribution in [0.25, 0.3) is 0 Å². The van der Waals surface area contributed by atoms with Gasteiger partial charge in [-0.1, -0.05) is 17.7 Å². The van der Waals surface area contributed by atoms with Crippen LogP contribution < -0.4 is 13.9 Å². The summed E-state index contributed by atoms with van der Waals surface area (Å²) < 4.78 is 30.9. The molecule has 7 nitrogen and oxygen atoms in total. The topological polar surface area (TPSA) is 70.2 Å². The minimum absolute atomic E-state index is 0.0499. The van der Waals surface area contributed by atoms with E-state index in [-0.39, 0.29) is 12.5 Å². The molecule has 0 aromatic heterocycles. The Balaban J connectivity index is 1.50. The van der Waals surface area contributed by atoms with Gasteiger partial charge in [-0.25, -0.2) is 8.42 Å². The summed E-state index contributed by atoms with van der Waals surface area (Å²) in [5, 5.41) is 0.469. The lowest BCUT2D eigenvalue weighted by molar-refractivity contribution is -0.131. The predicted octanol–water partition coefficient (Wildman–Crippen LogP) is 3.24. The molecule has 31 heavy (non-hydrogen) atoms. The summed E-state index contributed by atoms with van der Waals surface area (Å²) in [5.74, 6) is 0.868. The van der Waals surface area contributed by atoms with Crippen LogP contribution in [0.2, 0.25) is 5.02 Å². The number of ether oxygens (including phenoxy) is 1. The molecule has 1 amide bonds. The standard InChI is InChI=1S/C22H28ClN3O4S/c1-30-21-10-8-19(9-11-21)24-13-15-25(16-14-24)22(27)7-4-12-26(31(2,28)29)20-6-3-5-18(23)17-20/h3,5-6,8-11,17H,4,7,12-16H2,1-2H3. The molecule has 0 saturated carbocycles. The quantitative estimate of drug-likeness (QED) is 0.598. The minimum atomic E-state index is -3.47. The number of benzene rings is 2. The van der Waals surface area contributed by atoms with Crippen LogP contribution in [0.3, 0.4) is 0 Å². The van der Waals surface area contributed by atoms with E-state index < -0.39 is 10.0 Å². The SMILES string of the molecule is COc1ccc(N2CCN(C(=O)CCCN(c3cccc(Cl)c3)S(C)(=O)=O)CC2)cc1. The van der Waals surface area contributed by atoms with E-state index in [0.29, 0.717) is 36.6 Å². The Morgan fingerprint density at radius 1 is 1.10 bits per heavy atom. The van der Waals surface area contributed by atoms with Crippen molar-refractivity contribution in [2.24, 2.45) is 0 Å². The van der Waals surface area contributed by atoms with Crippen LogP contribution in [0, 0.1) is 0 Å². The number of hydrogen-bond acceptors (Lipinski definition) is 5. The molecule has 0 bridgehead atoms. The highest BCUT2D eigenvalue weighted by atomic mass is 35.5. The van der Waals surface area contributed by atoms with E-state index in [1.165, 1.54) is 4.31 Å². The molecule has 0 aliphatic carbocycles. The van der Waals surface area contributed by atoms with E-state index in [2.05, 4.69) is 4.90 Å². The summed E-state index contributed by atoms with van der Waals surface area (Å²) in [6, 6.07) is 14.6. The zero-order chi connectivity index (χ0) is 22.4. The van der Waals surface area contributed by atoms with Crippen molar-refractivity contribution in [1.29, 1.82) is 0 Å². The van der Waals surface area contributed by atoms with Crippen LogP contribution >= 0.6 is 11.6 Å². The van der Waals surface area contributed by atoms with Gasteiger partial charge in [-0.05, 0) is 48.9 Å². The monoisotopic (exact) mass is 465 g/mol. The maximum atomic E-state index is 12.6. The summed E-state index contributed by atoms with van der Waals surface area (Å²) in [7, 11) is -1.82. The Hall–Kier alpha value is -2.45. The molecule has 1 saturated heterocycles. The second-order valence-corrected chi connectivity index (χ2v) is 9.83. The average molecular weight is 466 g/mol. The van der Waals surface area contributed by atoms with Gasteiger partial charge in [-0.15, -0.1) is 0 Å². The molecule has 0 atom stereocenters. The van der Waals surface area contributed by atoms with Gasteiger partial charge in [0.05, 0.1) is 19.1 Å². The number of nitrogens with zero attached hydrogens (tertiary/aromatic N) is 3. The van der Waals surface area contributed by atoms with Gasteiger partial charge in [0.1, 0.15) is 5.75 Å². The third-order valence-corrected chi connectivity index (χ3v) is 6.75. The number of rotatable bonds is 8. The molecule has 0 unspecified atom stereocenters. The molecule has 3 rings (SSSR count). The molecule has 0 radical (unpaired) electrons. The normalized spacial score (nSPS) is 14.4. The molecular formula is C22H28ClN3O4S. The van der Waals surface area contributed by atoms with Crippen LogP contribution in [0.15, 0.2) is 48.5 Å². The summed E-state index contributed by atoms with van der Waals surface area (Å²) in [6.45, 7) is 3.05. The van der Waals surface area contributed by atoms with E-state index in [9.17, 15) is 13.2 Å². The lowest BCUT2D eigenvalue weighted by Gasteiger charge is -2.36. The van der Waals surface area contributed by atoms with Gasteiger partial charge < -0.3 is 14.5 Å². The van der Waals surface area contributed by atoms with Crippen LogP contribution in [-0.2, 0) is 14.8 Å². The smallest absolute Gasteiger partial charge is 0.232 e. The molecule has 168 valence electrons. The average Bonchev–Trinajstić information content (AvgIpc) is 2.76. The van der Waals surface area contributed by atoms with Gasteiger partial charge in [-0.3, -0.25) is 9.10 Å². The molecule has 0 N–H and O–H groups in total. The summed E-state index contributed by atoms with van der Waals surface area (Å²) >= 11 is 6.00. The van der Waals surface area contributed by atoms with Crippen molar-refractivity contribution in [3.63, 3.8) is 0 Å². The molecule has 9 heteroatoms. The van der Waals surface area contributed by atoms with Crippen LogP contribution in [-0.4, -0.2) is 65.3 Å². The van der Waals surface area contributed by atoms with Crippen molar-refractivity contribution in [3.05, 3.63) is 53.6 Å². The molecular weight excluding hydrogens is 438 g/mol. The number of hydrogen-bond donors (Lipinski definition) is 0. The number of amides is 1. The lowest BCUT2D eigenvalue weighted by Crippen LogP contribution is -2.48. The van der Waals surface area contributed by atoms with Gasteiger partial charge >= 0.3 is 0 Å². The highest BCUT2D eigenvalue weighted by Gasteiger charge is 2.22. The van der Waals surface area contributed by atoms with E-state index >= 15 is 0 Å². The Morgan fingerprint density at radius 3 is 2.35 bits per heavy atom. The number of carbonyl (C=O) groups excluding carboxylic acids is 1. The van der Waals surface area contributed by atoms with Gasteiger partial charge in [-0.2, -0.15) is 0 Å². The van der Waals surface area contributed by atoms with Crippen molar-refractivity contribution < 1.29 is 17.9 Å². The minimum Gasteiger partial charge on any atom is -0.497 e. The summed E-state index contributed by atoms with van der Waals surface area (Å²) in [6.07, 6.45) is 1.90. The number of anilines is 2. The molecule has 2 aromatic rings. The number of halogens is 1. The van der Waals surface area contributed by atoms with Gasteiger partial charge in [0, 0.05) is 49.9 Å². The second kappa shape index (κ2) is 10.2. The maximum Gasteiger partial charge on any atom is 0.232 e. The molecule has 1 aliphatic rings. The number of sulfonamides is 1. The summed E-state index contributed by atoms with van der Waals surface area (Å²) in [4.78, 5) is 16.7. The number of carbonyl (C=O) groups is 1. The third-order valence-electron chi connectivity index (χ3n) is 5.32. The molecule has 1 fully saturated rings. The van der Waals surface area contributed by atoms with E-state index in [1.54, 1.807) is 31.4 Å². The fourth-order valence-electron chi connectivity index (χ4n) is 3.66. The Bertz CT molecular complexity index is 990. The Morgan fingerprint density at radius 2 is 1.77 bits per heavy atom. The highest BCUT2D eigenvalue weighted by molar-refractivity contribution is 7.92. The van der Waals surface area contributed by atoms with Crippen LogP contribution in [0.4, 0.5) is 11.4 Å². The predicted molar refractivity (Wildman–Crippen MR) is 125 cm³/mol. The Labute approximate surface area is 189 Å². The van der Waals surface area contributed by atoms with Crippen molar-refractivity contribution in [1.82, 2.24) is 4.90 Å². The maximum absolute atomic E-state index is 12.6. The zero-order valence-electron chi connectivity index (χ0n) is 17.8.